The second kappa shape index (κ2) is 6.67. The number of carbonyl (C=O) groups excluding carboxylic acids is 1. The molecule has 0 spiro atoms. The number of thiophene rings is 2. The summed E-state index contributed by atoms with van der Waals surface area (Å²) in [6.07, 6.45) is -0.652. The first-order chi connectivity index (χ1) is 11.8. The van der Waals surface area contributed by atoms with E-state index in [2.05, 4.69) is 10.7 Å². The van der Waals surface area contributed by atoms with Crippen LogP contribution in [0.4, 0.5) is 0 Å². The van der Waals surface area contributed by atoms with Gasteiger partial charge in [-0.3, -0.25) is 4.79 Å². The van der Waals surface area contributed by atoms with E-state index >= 15 is 0 Å². The van der Waals surface area contributed by atoms with Crippen molar-refractivity contribution in [3.8, 4) is 11.5 Å². The normalized spacial score (nSPS) is 17.2. The zero-order valence-corrected chi connectivity index (χ0v) is 14.3. The molecule has 0 saturated heterocycles. The molecule has 1 aromatic carbocycles. The lowest BCUT2D eigenvalue weighted by atomic mass is 10.1. The molecule has 4 nitrogen and oxygen atoms in total. The van der Waals surface area contributed by atoms with Crippen LogP contribution in [0.1, 0.15) is 16.5 Å². The zero-order chi connectivity index (χ0) is 16.4. The number of rotatable bonds is 4. The second-order valence-corrected chi connectivity index (χ2v) is 7.14. The van der Waals surface area contributed by atoms with E-state index in [1.54, 1.807) is 22.7 Å². The predicted octanol–water partition coefficient (Wildman–Crippen LogP) is 3.86. The average Bonchev–Trinajstić information content (AvgIpc) is 3.33. The van der Waals surface area contributed by atoms with E-state index in [0.29, 0.717) is 11.5 Å². The van der Waals surface area contributed by atoms with Crippen LogP contribution in [0, 0.1) is 0 Å². The molecule has 3 aromatic rings. The summed E-state index contributed by atoms with van der Waals surface area (Å²) in [5, 5.41) is 9.17. The Balaban J connectivity index is 1.52. The Morgan fingerprint density at radius 2 is 2.00 bits per heavy atom. The molecule has 24 heavy (non-hydrogen) atoms. The number of amides is 1. The number of nitrogens with one attached hydrogen (secondary N) is 1. The van der Waals surface area contributed by atoms with Crippen LogP contribution >= 0.6 is 22.7 Å². The lowest BCUT2D eigenvalue weighted by Gasteiger charge is -2.27. The Morgan fingerprint density at radius 3 is 2.75 bits per heavy atom. The minimum atomic E-state index is -0.652. The molecule has 0 saturated carbocycles. The van der Waals surface area contributed by atoms with Crippen LogP contribution in [0.2, 0.25) is 0 Å². The molecule has 1 amide bonds. The fourth-order valence-corrected chi connectivity index (χ4v) is 4.09. The summed E-state index contributed by atoms with van der Waals surface area (Å²) in [5.74, 6) is 1.11. The van der Waals surface area contributed by atoms with Crippen molar-refractivity contribution in [2.45, 2.75) is 12.1 Å². The Labute approximate surface area is 147 Å². The van der Waals surface area contributed by atoms with Crippen molar-refractivity contribution in [2.24, 2.45) is 0 Å². The number of ether oxygens (including phenoxy) is 2. The maximum absolute atomic E-state index is 12.7. The topological polar surface area (TPSA) is 47.6 Å². The molecule has 3 heterocycles. The van der Waals surface area contributed by atoms with Gasteiger partial charge in [-0.05, 0) is 46.0 Å². The van der Waals surface area contributed by atoms with E-state index in [1.807, 2.05) is 53.2 Å². The fraction of sp³-hybridized carbons (Fsp3) is 0.167. The van der Waals surface area contributed by atoms with E-state index in [1.165, 1.54) is 0 Å². The summed E-state index contributed by atoms with van der Waals surface area (Å²) < 4.78 is 11.4. The monoisotopic (exact) mass is 357 g/mol. The number of benzene rings is 1. The Morgan fingerprint density at radius 1 is 1.12 bits per heavy atom. The Kier molecular flexibility index (Phi) is 4.23. The highest BCUT2D eigenvalue weighted by molar-refractivity contribution is 7.10. The van der Waals surface area contributed by atoms with Gasteiger partial charge < -0.3 is 14.8 Å². The summed E-state index contributed by atoms with van der Waals surface area (Å²) in [4.78, 5) is 13.8. The molecule has 1 N–H and O–H groups in total. The molecule has 2 atom stereocenters. The van der Waals surface area contributed by atoms with Crippen LogP contribution in [-0.2, 0) is 4.79 Å². The maximum atomic E-state index is 12.7. The number of hydrogen-bond donors (Lipinski definition) is 1. The van der Waals surface area contributed by atoms with Gasteiger partial charge in [0, 0.05) is 4.88 Å². The summed E-state index contributed by atoms with van der Waals surface area (Å²) in [5.41, 5.74) is 1.08. The van der Waals surface area contributed by atoms with Gasteiger partial charge in [-0.25, -0.2) is 0 Å². The number of carbonyl (C=O) groups is 1. The van der Waals surface area contributed by atoms with Gasteiger partial charge in [-0.2, -0.15) is 11.3 Å². The lowest BCUT2D eigenvalue weighted by molar-refractivity contribution is -0.130. The van der Waals surface area contributed by atoms with E-state index in [9.17, 15) is 4.79 Å². The molecule has 0 aliphatic carbocycles. The lowest BCUT2D eigenvalue weighted by Crippen LogP contribution is -2.45. The molecule has 2 aromatic heterocycles. The largest absolute Gasteiger partial charge is 0.485 e. The van der Waals surface area contributed by atoms with Crippen molar-refractivity contribution in [1.29, 1.82) is 0 Å². The molecule has 1 aliphatic heterocycles. The quantitative estimate of drug-likeness (QED) is 0.771. The predicted molar refractivity (Wildman–Crippen MR) is 95.0 cm³/mol. The highest BCUT2D eigenvalue weighted by Gasteiger charge is 2.30. The molecule has 0 radical (unpaired) electrons. The highest BCUT2D eigenvalue weighted by Crippen LogP contribution is 2.32. The maximum Gasteiger partial charge on any atom is 0.265 e. The van der Waals surface area contributed by atoms with Crippen LogP contribution in [0.3, 0.4) is 0 Å². The van der Waals surface area contributed by atoms with Crippen molar-refractivity contribution in [1.82, 2.24) is 5.32 Å². The summed E-state index contributed by atoms with van der Waals surface area (Å²) in [7, 11) is 0. The molecule has 0 unspecified atom stereocenters. The fourth-order valence-electron chi connectivity index (χ4n) is 2.60. The van der Waals surface area contributed by atoms with Crippen LogP contribution in [0.5, 0.6) is 11.5 Å². The number of para-hydroxylation sites is 2. The Bertz CT molecular complexity index is 780. The molecule has 0 fully saturated rings. The third-order valence-corrected chi connectivity index (χ3v) is 5.43. The average molecular weight is 357 g/mol. The molecule has 6 heteroatoms. The summed E-state index contributed by atoms with van der Waals surface area (Å²) in [6, 6.07) is 13.3. The van der Waals surface area contributed by atoms with Gasteiger partial charge in [0.2, 0.25) is 6.10 Å². The van der Waals surface area contributed by atoms with Crippen molar-refractivity contribution >= 4 is 28.6 Å². The standard InChI is InChI=1S/C18H15NO3S2/c20-18(15-10-21-13-4-1-2-5-14(13)22-15)19-17(12-7-9-23-11-12)16-6-3-8-24-16/h1-9,11,15,17H,10H2,(H,19,20)/t15-,17-/m0/s1. The summed E-state index contributed by atoms with van der Waals surface area (Å²) >= 11 is 3.24. The van der Waals surface area contributed by atoms with Crippen LogP contribution < -0.4 is 14.8 Å². The third kappa shape index (κ3) is 3.02. The SMILES string of the molecule is O=C(N[C@@H](c1ccsc1)c1cccs1)[C@@H]1COc2ccccc2O1. The van der Waals surface area contributed by atoms with Gasteiger partial charge in [-0.1, -0.05) is 18.2 Å². The van der Waals surface area contributed by atoms with Crippen LogP contribution in [-0.4, -0.2) is 18.6 Å². The van der Waals surface area contributed by atoms with Crippen LogP contribution in [0.15, 0.2) is 58.6 Å². The van der Waals surface area contributed by atoms with Gasteiger partial charge in [0.1, 0.15) is 6.61 Å². The van der Waals surface area contributed by atoms with Crippen molar-refractivity contribution in [2.75, 3.05) is 6.61 Å². The first-order valence-corrected chi connectivity index (χ1v) is 9.38. The van der Waals surface area contributed by atoms with Gasteiger partial charge in [0.15, 0.2) is 11.5 Å². The number of hydrogen-bond acceptors (Lipinski definition) is 5. The van der Waals surface area contributed by atoms with Crippen molar-refractivity contribution < 1.29 is 14.3 Å². The van der Waals surface area contributed by atoms with Gasteiger partial charge in [0.05, 0.1) is 6.04 Å². The van der Waals surface area contributed by atoms with E-state index < -0.39 is 6.10 Å². The first-order valence-electron chi connectivity index (χ1n) is 7.55. The Hall–Kier alpha value is -2.31. The van der Waals surface area contributed by atoms with E-state index in [4.69, 9.17) is 9.47 Å². The van der Waals surface area contributed by atoms with Gasteiger partial charge in [-0.15, -0.1) is 11.3 Å². The molecule has 0 bridgehead atoms. The number of fused-ring (bicyclic) bond motifs is 1. The van der Waals surface area contributed by atoms with Crippen molar-refractivity contribution in [3.05, 3.63) is 69.0 Å². The summed E-state index contributed by atoms with van der Waals surface area (Å²) in [6.45, 7) is 0.212. The minimum Gasteiger partial charge on any atom is -0.485 e. The van der Waals surface area contributed by atoms with Gasteiger partial charge in [0.25, 0.3) is 5.91 Å². The third-order valence-electron chi connectivity index (χ3n) is 3.79. The first kappa shape index (κ1) is 15.2. The molecular formula is C18H15NO3S2. The highest BCUT2D eigenvalue weighted by atomic mass is 32.1. The van der Waals surface area contributed by atoms with Crippen molar-refractivity contribution in [3.63, 3.8) is 0 Å². The zero-order valence-electron chi connectivity index (χ0n) is 12.7. The molecule has 4 rings (SSSR count). The van der Waals surface area contributed by atoms with Crippen LogP contribution in [0.25, 0.3) is 0 Å². The minimum absolute atomic E-state index is 0.162. The molecule has 1 aliphatic rings. The molecular weight excluding hydrogens is 342 g/mol. The van der Waals surface area contributed by atoms with Gasteiger partial charge >= 0.3 is 0 Å². The smallest absolute Gasteiger partial charge is 0.265 e. The van der Waals surface area contributed by atoms with E-state index in [-0.39, 0.29) is 18.6 Å². The van der Waals surface area contributed by atoms with E-state index in [0.717, 1.165) is 10.4 Å². The molecule has 122 valence electrons. The second-order valence-electron chi connectivity index (χ2n) is 5.38.